The number of nitrogens with zero attached hydrogens (tertiary/aromatic N) is 1. The Morgan fingerprint density at radius 3 is 2.62 bits per heavy atom. The molecule has 1 unspecified atom stereocenters. The van der Waals surface area contributed by atoms with Crippen molar-refractivity contribution in [2.24, 2.45) is 16.8 Å². The summed E-state index contributed by atoms with van der Waals surface area (Å²) in [7, 11) is 0. The highest BCUT2D eigenvalue weighted by Gasteiger charge is 2.11. The Morgan fingerprint density at radius 2 is 2.04 bits per heavy atom. The minimum Gasteiger partial charge on any atom is -0.396 e. The summed E-state index contributed by atoms with van der Waals surface area (Å²) in [5.41, 5.74) is 1.17. The fraction of sp³-hybridized carbons (Fsp3) is 0.611. The predicted octanol–water partition coefficient (Wildman–Crippen LogP) is 4.17. The molecule has 0 aliphatic rings. The van der Waals surface area contributed by atoms with E-state index in [1.165, 1.54) is 5.56 Å². The van der Waals surface area contributed by atoms with Crippen molar-refractivity contribution in [3.05, 3.63) is 34.3 Å². The number of benzene rings is 1. The van der Waals surface area contributed by atoms with Gasteiger partial charge in [-0.2, -0.15) is 0 Å². The number of hydrogen-bond donors (Lipinski definition) is 3. The SMILES string of the molecule is CCNC(=NCc1cccc(Br)c1)NCC(CCO)CC(C)C.I. The van der Waals surface area contributed by atoms with Crippen molar-refractivity contribution in [3.8, 4) is 0 Å². The zero-order valence-electron chi connectivity index (χ0n) is 14.9. The van der Waals surface area contributed by atoms with Crippen molar-refractivity contribution in [1.29, 1.82) is 0 Å². The van der Waals surface area contributed by atoms with Gasteiger partial charge in [0.25, 0.3) is 0 Å². The lowest BCUT2D eigenvalue weighted by Crippen LogP contribution is -2.40. The van der Waals surface area contributed by atoms with Crippen LogP contribution in [0.2, 0.25) is 0 Å². The molecule has 6 heteroatoms. The van der Waals surface area contributed by atoms with E-state index >= 15 is 0 Å². The Hall–Kier alpha value is -0.340. The number of aliphatic hydroxyl groups excluding tert-OH is 1. The average molecular weight is 512 g/mol. The van der Waals surface area contributed by atoms with E-state index in [1.807, 2.05) is 12.1 Å². The summed E-state index contributed by atoms with van der Waals surface area (Å²) < 4.78 is 1.07. The first-order valence-corrected chi connectivity index (χ1v) is 9.21. The second kappa shape index (κ2) is 13.9. The molecule has 3 N–H and O–H groups in total. The molecule has 0 aliphatic heterocycles. The molecule has 1 atom stereocenters. The molecule has 0 heterocycles. The van der Waals surface area contributed by atoms with Crippen molar-refractivity contribution < 1.29 is 5.11 Å². The number of rotatable bonds is 9. The molecular formula is C18H31BrIN3O. The first-order chi connectivity index (χ1) is 11.0. The summed E-state index contributed by atoms with van der Waals surface area (Å²) >= 11 is 3.49. The molecule has 1 rings (SSSR count). The maximum absolute atomic E-state index is 9.22. The number of aliphatic hydroxyl groups is 1. The molecule has 0 aromatic heterocycles. The van der Waals surface area contributed by atoms with Gasteiger partial charge in [-0.1, -0.05) is 41.9 Å². The molecule has 1 aromatic rings. The second-order valence-corrected chi connectivity index (χ2v) is 7.13. The minimum atomic E-state index is 0. The Balaban J connectivity index is 0.00000529. The lowest BCUT2D eigenvalue weighted by atomic mass is 9.94. The van der Waals surface area contributed by atoms with E-state index in [4.69, 9.17) is 0 Å². The largest absolute Gasteiger partial charge is 0.396 e. The summed E-state index contributed by atoms with van der Waals surface area (Å²) in [5, 5.41) is 15.9. The van der Waals surface area contributed by atoms with Crippen LogP contribution in [-0.2, 0) is 6.54 Å². The van der Waals surface area contributed by atoms with Crippen LogP contribution in [0.4, 0.5) is 0 Å². The highest BCUT2D eigenvalue weighted by Crippen LogP contribution is 2.14. The van der Waals surface area contributed by atoms with Crippen molar-refractivity contribution >= 4 is 45.9 Å². The van der Waals surface area contributed by atoms with Crippen LogP contribution in [0.15, 0.2) is 33.7 Å². The zero-order chi connectivity index (χ0) is 17.1. The highest BCUT2D eigenvalue weighted by molar-refractivity contribution is 14.0. The predicted molar refractivity (Wildman–Crippen MR) is 117 cm³/mol. The van der Waals surface area contributed by atoms with E-state index < -0.39 is 0 Å². The van der Waals surface area contributed by atoms with E-state index in [1.54, 1.807) is 0 Å². The monoisotopic (exact) mass is 511 g/mol. The molecule has 4 nitrogen and oxygen atoms in total. The fourth-order valence-electron chi connectivity index (χ4n) is 2.54. The van der Waals surface area contributed by atoms with Crippen molar-refractivity contribution in [1.82, 2.24) is 10.6 Å². The van der Waals surface area contributed by atoms with Gasteiger partial charge < -0.3 is 15.7 Å². The summed E-state index contributed by atoms with van der Waals surface area (Å²) in [5.74, 6) is 1.93. The molecule has 138 valence electrons. The number of hydrogen-bond acceptors (Lipinski definition) is 2. The van der Waals surface area contributed by atoms with Crippen LogP contribution in [-0.4, -0.2) is 30.8 Å². The molecule has 0 radical (unpaired) electrons. The van der Waals surface area contributed by atoms with Gasteiger partial charge in [0.15, 0.2) is 5.96 Å². The minimum absolute atomic E-state index is 0. The van der Waals surface area contributed by atoms with Gasteiger partial charge in [0.2, 0.25) is 0 Å². The lowest BCUT2D eigenvalue weighted by molar-refractivity contribution is 0.243. The molecule has 0 saturated heterocycles. The quantitative estimate of drug-likeness (QED) is 0.265. The van der Waals surface area contributed by atoms with Gasteiger partial charge in [0.1, 0.15) is 0 Å². The molecule has 0 fully saturated rings. The molecule has 0 spiro atoms. The molecule has 0 saturated carbocycles. The third-order valence-corrected chi connectivity index (χ3v) is 4.05. The number of aliphatic imine (C=N–C) groups is 1. The average Bonchev–Trinajstić information content (AvgIpc) is 2.49. The molecule has 0 bridgehead atoms. The van der Waals surface area contributed by atoms with Crippen molar-refractivity contribution in [3.63, 3.8) is 0 Å². The summed E-state index contributed by atoms with van der Waals surface area (Å²) in [6.07, 6.45) is 1.94. The van der Waals surface area contributed by atoms with Gasteiger partial charge in [0.05, 0.1) is 6.54 Å². The first kappa shape index (κ1) is 23.7. The maximum Gasteiger partial charge on any atom is 0.191 e. The molecule has 0 aliphatic carbocycles. The van der Waals surface area contributed by atoms with Gasteiger partial charge in [-0.05, 0) is 49.3 Å². The van der Waals surface area contributed by atoms with Gasteiger partial charge >= 0.3 is 0 Å². The summed E-state index contributed by atoms with van der Waals surface area (Å²) in [6.45, 7) is 9.06. The Bertz CT molecular complexity index is 483. The third kappa shape index (κ3) is 10.5. The molecule has 0 amide bonds. The van der Waals surface area contributed by atoms with E-state index in [9.17, 15) is 5.11 Å². The van der Waals surface area contributed by atoms with Crippen LogP contribution in [0.1, 0.15) is 39.2 Å². The molecule has 24 heavy (non-hydrogen) atoms. The van der Waals surface area contributed by atoms with E-state index in [0.717, 1.165) is 36.4 Å². The van der Waals surface area contributed by atoms with Crippen molar-refractivity contribution in [2.75, 3.05) is 19.7 Å². The van der Waals surface area contributed by atoms with Crippen LogP contribution in [0.3, 0.4) is 0 Å². The Morgan fingerprint density at radius 1 is 1.29 bits per heavy atom. The maximum atomic E-state index is 9.22. The second-order valence-electron chi connectivity index (χ2n) is 6.21. The van der Waals surface area contributed by atoms with Gasteiger partial charge in [-0.15, -0.1) is 24.0 Å². The first-order valence-electron chi connectivity index (χ1n) is 8.42. The van der Waals surface area contributed by atoms with Gasteiger partial charge in [-0.3, -0.25) is 0 Å². The normalized spacial score (nSPS) is 12.7. The van der Waals surface area contributed by atoms with E-state index in [-0.39, 0.29) is 30.6 Å². The van der Waals surface area contributed by atoms with Crippen molar-refractivity contribution in [2.45, 2.75) is 40.2 Å². The summed E-state index contributed by atoms with van der Waals surface area (Å²) in [4.78, 5) is 4.65. The van der Waals surface area contributed by atoms with Crippen LogP contribution < -0.4 is 10.6 Å². The Kier molecular flexibility index (Phi) is 13.7. The zero-order valence-corrected chi connectivity index (χ0v) is 18.8. The lowest BCUT2D eigenvalue weighted by Gasteiger charge is -2.20. The third-order valence-electron chi connectivity index (χ3n) is 3.55. The number of guanidine groups is 1. The topological polar surface area (TPSA) is 56.7 Å². The van der Waals surface area contributed by atoms with Crippen LogP contribution in [0, 0.1) is 11.8 Å². The van der Waals surface area contributed by atoms with Crippen LogP contribution in [0.5, 0.6) is 0 Å². The fourth-order valence-corrected chi connectivity index (χ4v) is 2.99. The molecule has 1 aromatic carbocycles. The van der Waals surface area contributed by atoms with E-state index in [0.29, 0.717) is 18.4 Å². The highest BCUT2D eigenvalue weighted by atomic mass is 127. The van der Waals surface area contributed by atoms with Gasteiger partial charge in [0, 0.05) is 24.2 Å². The Labute approximate surface area is 172 Å². The van der Waals surface area contributed by atoms with Crippen LogP contribution >= 0.6 is 39.9 Å². The summed E-state index contributed by atoms with van der Waals surface area (Å²) in [6, 6.07) is 8.20. The standard InChI is InChI=1S/C18H30BrN3O.HI/c1-4-20-18(21-12-15-6-5-7-17(19)11-15)22-13-16(8-9-23)10-14(2)3;/h5-7,11,14,16,23H,4,8-10,12-13H2,1-3H3,(H2,20,21,22);1H. The number of halogens is 2. The van der Waals surface area contributed by atoms with E-state index in [2.05, 4.69) is 64.5 Å². The smallest absolute Gasteiger partial charge is 0.191 e. The molecular weight excluding hydrogens is 481 g/mol. The van der Waals surface area contributed by atoms with Crippen LogP contribution in [0.25, 0.3) is 0 Å². The van der Waals surface area contributed by atoms with Gasteiger partial charge in [-0.25, -0.2) is 4.99 Å². The number of nitrogens with one attached hydrogen (secondary N) is 2.